The number of amides is 2. The van der Waals surface area contributed by atoms with E-state index in [1.54, 1.807) is 37.3 Å². The molecule has 130 valence electrons. The van der Waals surface area contributed by atoms with E-state index in [-0.39, 0.29) is 30.6 Å². The molecule has 2 amide bonds. The highest BCUT2D eigenvalue weighted by atomic mass is 35.5. The van der Waals surface area contributed by atoms with Crippen molar-refractivity contribution in [1.82, 2.24) is 0 Å². The van der Waals surface area contributed by atoms with Crippen molar-refractivity contribution in [2.45, 2.75) is 20.3 Å². The molecular formula is C19H18ClFN2O2. The zero-order valence-electron chi connectivity index (χ0n) is 14.0. The Morgan fingerprint density at radius 2 is 2.04 bits per heavy atom. The molecule has 1 saturated heterocycles. The second-order valence-corrected chi connectivity index (χ2v) is 6.65. The summed E-state index contributed by atoms with van der Waals surface area (Å²) in [5, 5.41) is 3.40. The van der Waals surface area contributed by atoms with E-state index < -0.39 is 5.92 Å². The maximum absolute atomic E-state index is 13.8. The molecule has 0 saturated carbocycles. The lowest BCUT2D eigenvalue weighted by Gasteiger charge is -2.17. The van der Waals surface area contributed by atoms with E-state index in [0.29, 0.717) is 22.0 Å². The van der Waals surface area contributed by atoms with Crippen LogP contribution in [0.3, 0.4) is 0 Å². The van der Waals surface area contributed by atoms with Crippen LogP contribution in [0.5, 0.6) is 0 Å². The van der Waals surface area contributed by atoms with E-state index in [2.05, 4.69) is 5.32 Å². The van der Waals surface area contributed by atoms with Gasteiger partial charge in [-0.2, -0.15) is 0 Å². The van der Waals surface area contributed by atoms with Gasteiger partial charge in [-0.25, -0.2) is 4.39 Å². The van der Waals surface area contributed by atoms with Gasteiger partial charge in [0.25, 0.3) is 0 Å². The molecule has 2 aromatic rings. The van der Waals surface area contributed by atoms with Gasteiger partial charge in [-0.15, -0.1) is 0 Å². The molecule has 1 aliphatic rings. The van der Waals surface area contributed by atoms with Crippen LogP contribution in [0.15, 0.2) is 36.4 Å². The van der Waals surface area contributed by atoms with Crippen LogP contribution in [0.2, 0.25) is 5.02 Å². The van der Waals surface area contributed by atoms with Crippen molar-refractivity contribution >= 4 is 34.8 Å². The smallest absolute Gasteiger partial charge is 0.229 e. The van der Waals surface area contributed by atoms with Crippen LogP contribution in [0.4, 0.5) is 15.8 Å². The van der Waals surface area contributed by atoms with E-state index in [1.165, 1.54) is 11.0 Å². The van der Waals surface area contributed by atoms with Crippen molar-refractivity contribution in [3.63, 3.8) is 0 Å². The molecule has 2 aromatic carbocycles. The van der Waals surface area contributed by atoms with Gasteiger partial charge in [0.05, 0.1) is 5.92 Å². The second-order valence-electron chi connectivity index (χ2n) is 6.24. The first-order valence-corrected chi connectivity index (χ1v) is 8.37. The summed E-state index contributed by atoms with van der Waals surface area (Å²) in [5.41, 5.74) is 2.40. The molecule has 3 rings (SSSR count). The molecule has 1 N–H and O–H groups in total. The lowest BCUT2D eigenvalue weighted by atomic mass is 10.1. The van der Waals surface area contributed by atoms with E-state index in [4.69, 9.17) is 11.6 Å². The first kappa shape index (κ1) is 17.4. The SMILES string of the molecule is Cc1ccc(N2CC(C(=O)Nc3cccc(Cl)c3C)CC2=O)cc1F. The Morgan fingerprint density at radius 3 is 2.76 bits per heavy atom. The number of carbonyl (C=O) groups excluding carboxylic acids is 2. The van der Waals surface area contributed by atoms with Crippen molar-refractivity contribution < 1.29 is 14.0 Å². The van der Waals surface area contributed by atoms with Crippen LogP contribution in [-0.2, 0) is 9.59 Å². The highest BCUT2D eigenvalue weighted by Crippen LogP contribution is 2.28. The monoisotopic (exact) mass is 360 g/mol. The summed E-state index contributed by atoms with van der Waals surface area (Å²) in [5.74, 6) is -1.29. The summed E-state index contributed by atoms with van der Waals surface area (Å²) in [6.45, 7) is 3.71. The second kappa shape index (κ2) is 6.84. The molecule has 1 fully saturated rings. The molecule has 0 spiro atoms. The van der Waals surface area contributed by atoms with Gasteiger partial charge in [0.1, 0.15) is 5.82 Å². The maximum Gasteiger partial charge on any atom is 0.229 e. The number of anilines is 2. The van der Waals surface area contributed by atoms with Crippen LogP contribution < -0.4 is 10.2 Å². The van der Waals surface area contributed by atoms with Gasteiger partial charge >= 0.3 is 0 Å². The van der Waals surface area contributed by atoms with Gasteiger partial charge < -0.3 is 10.2 Å². The summed E-state index contributed by atoms with van der Waals surface area (Å²) in [7, 11) is 0. The minimum absolute atomic E-state index is 0.0982. The standard InChI is InChI=1S/C19H18ClFN2O2/c1-11-6-7-14(9-16(11)21)23-10-13(8-18(23)24)19(25)22-17-5-3-4-15(20)12(17)2/h3-7,9,13H,8,10H2,1-2H3,(H,22,25). The van der Waals surface area contributed by atoms with E-state index in [9.17, 15) is 14.0 Å². The van der Waals surface area contributed by atoms with Gasteiger partial charge in [0.15, 0.2) is 0 Å². The van der Waals surface area contributed by atoms with Gasteiger partial charge in [-0.1, -0.05) is 23.7 Å². The molecule has 0 bridgehead atoms. The fraction of sp³-hybridized carbons (Fsp3) is 0.263. The minimum Gasteiger partial charge on any atom is -0.325 e. The van der Waals surface area contributed by atoms with Crippen LogP contribution in [0.25, 0.3) is 0 Å². The topological polar surface area (TPSA) is 49.4 Å². The van der Waals surface area contributed by atoms with Gasteiger partial charge in [0.2, 0.25) is 11.8 Å². The lowest BCUT2D eigenvalue weighted by Crippen LogP contribution is -2.28. The first-order valence-electron chi connectivity index (χ1n) is 7.99. The van der Waals surface area contributed by atoms with Crippen LogP contribution >= 0.6 is 11.6 Å². The maximum atomic E-state index is 13.8. The van der Waals surface area contributed by atoms with Gasteiger partial charge in [0, 0.05) is 29.4 Å². The molecule has 25 heavy (non-hydrogen) atoms. The van der Waals surface area contributed by atoms with Crippen molar-refractivity contribution in [2.75, 3.05) is 16.8 Å². The summed E-state index contributed by atoms with van der Waals surface area (Å²) in [6, 6.07) is 9.92. The third-order valence-corrected chi connectivity index (χ3v) is 4.90. The number of nitrogens with zero attached hydrogens (tertiary/aromatic N) is 1. The number of carbonyl (C=O) groups is 2. The number of halogens is 2. The van der Waals surface area contributed by atoms with Crippen LogP contribution in [-0.4, -0.2) is 18.4 Å². The molecule has 0 radical (unpaired) electrons. The predicted molar refractivity (Wildman–Crippen MR) is 96.4 cm³/mol. The highest BCUT2D eigenvalue weighted by Gasteiger charge is 2.35. The number of hydrogen-bond acceptors (Lipinski definition) is 2. The summed E-state index contributed by atoms with van der Waals surface area (Å²) in [4.78, 5) is 26.2. The molecule has 1 atom stereocenters. The molecule has 0 aliphatic carbocycles. The Hall–Kier alpha value is -2.40. The Kier molecular flexibility index (Phi) is 4.77. The van der Waals surface area contributed by atoms with Crippen molar-refractivity contribution in [1.29, 1.82) is 0 Å². The summed E-state index contributed by atoms with van der Waals surface area (Å²) < 4.78 is 13.8. The number of aryl methyl sites for hydroxylation is 1. The van der Waals surface area contributed by atoms with Gasteiger partial charge in [-0.3, -0.25) is 9.59 Å². The number of nitrogens with one attached hydrogen (secondary N) is 1. The summed E-state index contributed by atoms with van der Waals surface area (Å²) in [6.07, 6.45) is 0.0982. The predicted octanol–water partition coefficient (Wildman–Crippen LogP) is 4.09. The highest BCUT2D eigenvalue weighted by molar-refractivity contribution is 6.31. The summed E-state index contributed by atoms with van der Waals surface area (Å²) >= 11 is 6.06. The lowest BCUT2D eigenvalue weighted by molar-refractivity contribution is -0.122. The molecule has 4 nitrogen and oxygen atoms in total. The third kappa shape index (κ3) is 3.51. The van der Waals surface area contributed by atoms with Gasteiger partial charge in [-0.05, 0) is 49.2 Å². The fourth-order valence-corrected chi connectivity index (χ4v) is 3.03. The minimum atomic E-state index is -0.491. The number of benzene rings is 2. The number of hydrogen-bond donors (Lipinski definition) is 1. The first-order chi connectivity index (χ1) is 11.9. The molecule has 1 heterocycles. The Morgan fingerprint density at radius 1 is 1.28 bits per heavy atom. The zero-order chi connectivity index (χ0) is 18.1. The average Bonchev–Trinajstić information content (AvgIpc) is 2.96. The fourth-order valence-electron chi connectivity index (χ4n) is 2.86. The molecule has 6 heteroatoms. The number of rotatable bonds is 3. The molecule has 1 aliphatic heterocycles. The molecule has 1 unspecified atom stereocenters. The molecule has 0 aromatic heterocycles. The van der Waals surface area contributed by atoms with Crippen molar-refractivity contribution in [3.8, 4) is 0 Å². The Balaban J connectivity index is 1.74. The third-order valence-electron chi connectivity index (χ3n) is 4.49. The largest absolute Gasteiger partial charge is 0.325 e. The van der Waals surface area contributed by atoms with E-state index in [0.717, 1.165) is 5.56 Å². The van der Waals surface area contributed by atoms with Crippen molar-refractivity contribution in [3.05, 3.63) is 58.4 Å². The van der Waals surface area contributed by atoms with Crippen molar-refractivity contribution in [2.24, 2.45) is 5.92 Å². The van der Waals surface area contributed by atoms with Crippen LogP contribution in [0, 0.1) is 25.6 Å². The Labute approximate surface area is 150 Å². The zero-order valence-corrected chi connectivity index (χ0v) is 14.7. The normalized spacial score (nSPS) is 17.0. The van der Waals surface area contributed by atoms with E-state index in [1.807, 2.05) is 6.92 Å². The molecular weight excluding hydrogens is 343 g/mol. The Bertz CT molecular complexity index is 853. The quantitative estimate of drug-likeness (QED) is 0.896. The van der Waals surface area contributed by atoms with E-state index >= 15 is 0 Å². The average molecular weight is 361 g/mol. The van der Waals surface area contributed by atoms with Crippen LogP contribution in [0.1, 0.15) is 17.5 Å².